The molecule has 1 fully saturated rings. The molecule has 166 valence electrons. The Balaban J connectivity index is 1.30. The van der Waals surface area contributed by atoms with E-state index in [2.05, 4.69) is 61.7 Å². The molecule has 33 heavy (non-hydrogen) atoms. The van der Waals surface area contributed by atoms with E-state index in [0.717, 1.165) is 62.9 Å². The molecule has 0 spiro atoms. The van der Waals surface area contributed by atoms with Crippen molar-refractivity contribution in [1.29, 1.82) is 0 Å². The minimum Gasteiger partial charge on any atom is -0.316 e. The van der Waals surface area contributed by atoms with Gasteiger partial charge < -0.3 is 5.32 Å². The molecule has 0 saturated carbocycles. The summed E-state index contributed by atoms with van der Waals surface area (Å²) in [6.45, 7) is 6.34. The van der Waals surface area contributed by atoms with Crippen LogP contribution in [0.4, 0.5) is 0 Å². The molecular formula is C24H24N8S. The largest absolute Gasteiger partial charge is 0.316 e. The topological polar surface area (TPSA) is 85.8 Å². The quantitative estimate of drug-likeness (QED) is 0.410. The van der Waals surface area contributed by atoms with Crippen LogP contribution in [0.2, 0.25) is 0 Å². The van der Waals surface area contributed by atoms with Crippen LogP contribution in [0, 0.1) is 12.8 Å². The number of rotatable bonds is 6. The van der Waals surface area contributed by atoms with E-state index < -0.39 is 0 Å². The molecule has 0 bridgehead atoms. The minimum absolute atomic E-state index is 0.437. The molecule has 1 saturated heterocycles. The highest BCUT2D eigenvalue weighted by Crippen LogP contribution is 2.31. The Bertz CT molecular complexity index is 1450. The third kappa shape index (κ3) is 3.77. The van der Waals surface area contributed by atoms with E-state index in [1.807, 2.05) is 37.5 Å². The van der Waals surface area contributed by atoms with Crippen LogP contribution in [-0.2, 0) is 0 Å². The molecule has 1 atom stereocenters. The number of pyridine rings is 1. The molecule has 1 unspecified atom stereocenters. The molecule has 5 aromatic rings. The Morgan fingerprint density at radius 3 is 2.82 bits per heavy atom. The molecule has 0 amide bonds. The maximum absolute atomic E-state index is 4.69. The first-order chi connectivity index (χ1) is 16.2. The molecular weight excluding hydrogens is 432 g/mol. The third-order valence-corrected chi connectivity index (χ3v) is 7.21. The summed E-state index contributed by atoms with van der Waals surface area (Å²) in [5.74, 6) is 0.656. The second-order valence-corrected chi connectivity index (χ2v) is 9.55. The monoisotopic (exact) mass is 456 g/mol. The Kier molecular flexibility index (Phi) is 5.07. The van der Waals surface area contributed by atoms with Crippen LogP contribution in [0.5, 0.6) is 0 Å². The van der Waals surface area contributed by atoms with Gasteiger partial charge in [-0.05, 0) is 61.5 Å². The van der Waals surface area contributed by atoms with Crippen LogP contribution in [0.25, 0.3) is 27.7 Å². The second-order valence-electron chi connectivity index (χ2n) is 8.51. The zero-order chi connectivity index (χ0) is 22.4. The lowest BCUT2D eigenvalue weighted by Crippen LogP contribution is -2.46. The van der Waals surface area contributed by atoms with E-state index in [0.29, 0.717) is 12.0 Å². The molecule has 0 aliphatic carbocycles. The number of hydrogen-bond acceptors (Lipinski definition) is 7. The average Bonchev–Trinajstić information content (AvgIpc) is 3.43. The van der Waals surface area contributed by atoms with Crippen molar-refractivity contribution in [2.75, 3.05) is 13.1 Å². The number of aryl methyl sites for hydroxylation is 1. The van der Waals surface area contributed by atoms with Gasteiger partial charge in [0, 0.05) is 52.8 Å². The van der Waals surface area contributed by atoms with Crippen molar-refractivity contribution in [2.24, 2.45) is 5.92 Å². The van der Waals surface area contributed by atoms with Crippen molar-refractivity contribution in [2.45, 2.75) is 36.4 Å². The Hall–Kier alpha value is -3.30. The fourth-order valence-corrected chi connectivity index (χ4v) is 5.18. The number of aromatic nitrogens is 7. The third-order valence-electron chi connectivity index (χ3n) is 6.28. The van der Waals surface area contributed by atoms with Crippen LogP contribution >= 0.6 is 11.8 Å². The van der Waals surface area contributed by atoms with Crippen molar-refractivity contribution in [1.82, 2.24) is 39.9 Å². The van der Waals surface area contributed by atoms with E-state index in [4.69, 9.17) is 4.98 Å². The SMILES string of the molecule is CCC(C1CNC1)n1cc(-c2cnc3ccc(Sc4nnc5ccc(C)nn45)cc3c2)cn1. The summed E-state index contributed by atoms with van der Waals surface area (Å²) in [5.41, 5.74) is 4.80. The van der Waals surface area contributed by atoms with Crippen LogP contribution in [-0.4, -0.2) is 47.7 Å². The zero-order valence-corrected chi connectivity index (χ0v) is 19.3. The van der Waals surface area contributed by atoms with Gasteiger partial charge in [-0.3, -0.25) is 9.67 Å². The van der Waals surface area contributed by atoms with Gasteiger partial charge in [0.2, 0.25) is 5.16 Å². The lowest BCUT2D eigenvalue weighted by molar-refractivity contribution is 0.216. The summed E-state index contributed by atoms with van der Waals surface area (Å²) in [5, 5.41) is 23.0. The van der Waals surface area contributed by atoms with E-state index in [1.165, 1.54) is 0 Å². The summed E-state index contributed by atoms with van der Waals surface area (Å²) in [6, 6.07) is 12.7. The van der Waals surface area contributed by atoms with Crippen molar-refractivity contribution in [3.05, 3.63) is 60.7 Å². The van der Waals surface area contributed by atoms with Gasteiger partial charge in [0.05, 0.1) is 23.4 Å². The predicted molar refractivity (Wildman–Crippen MR) is 128 cm³/mol. The standard InChI is InChI=1S/C24H24N8S/c1-3-22(18-10-25-11-18)31-14-19(13-27-31)17-8-16-9-20(5-6-21(16)26-12-17)33-24-29-28-23-7-4-15(2)30-32(23)24/h4-9,12-14,18,22,25H,3,10-11H2,1-2H3. The first kappa shape index (κ1) is 20.3. The van der Waals surface area contributed by atoms with Crippen LogP contribution in [0.15, 0.2) is 65.0 Å². The number of hydrogen-bond donors (Lipinski definition) is 1. The number of benzene rings is 1. The summed E-state index contributed by atoms with van der Waals surface area (Å²) in [4.78, 5) is 5.76. The van der Waals surface area contributed by atoms with Gasteiger partial charge in [-0.2, -0.15) is 14.7 Å². The fourth-order valence-electron chi connectivity index (χ4n) is 4.35. The summed E-state index contributed by atoms with van der Waals surface area (Å²) in [6.07, 6.45) is 7.12. The van der Waals surface area contributed by atoms with Gasteiger partial charge in [0.15, 0.2) is 5.65 Å². The normalized spacial score (nSPS) is 15.2. The number of nitrogens with zero attached hydrogens (tertiary/aromatic N) is 7. The highest BCUT2D eigenvalue weighted by molar-refractivity contribution is 7.99. The highest BCUT2D eigenvalue weighted by atomic mass is 32.2. The van der Waals surface area contributed by atoms with Gasteiger partial charge in [-0.15, -0.1) is 10.2 Å². The molecule has 4 aromatic heterocycles. The maximum atomic E-state index is 4.69. The van der Waals surface area contributed by atoms with Gasteiger partial charge in [-0.1, -0.05) is 6.92 Å². The smallest absolute Gasteiger partial charge is 0.217 e. The van der Waals surface area contributed by atoms with Crippen LogP contribution < -0.4 is 5.32 Å². The lowest BCUT2D eigenvalue weighted by atomic mass is 9.92. The minimum atomic E-state index is 0.437. The average molecular weight is 457 g/mol. The molecule has 9 heteroatoms. The van der Waals surface area contributed by atoms with Gasteiger partial charge in [0.25, 0.3) is 0 Å². The maximum Gasteiger partial charge on any atom is 0.217 e. The molecule has 1 aromatic carbocycles. The molecule has 5 heterocycles. The Labute approximate surface area is 195 Å². The van der Waals surface area contributed by atoms with Crippen molar-refractivity contribution in [3.8, 4) is 11.1 Å². The first-order valence-corrected chi connectivity index (χ1v) is 12.0. The van der Waals surface area contributed by atoms with Crippen molar-refractivity contribution >= 4 is 28.3 Å². The Morgan fingerprint density at radius 2 is 2.00 bits per heavy atom. The van der Waals surface area contributed by atoms with Gasteiger partial charge >= 0.3 is 0 Å². The second kappa shape index (κ2) is 8.24. The fraction of sp³-hybridized carbons (Fsp3) is 0.292. The van der Waals surface area contributed by atoms with Gasteiger partial charge in [0.1, 0.15) is 0 Å². The summed E-state index contributed by atoms with van der Waals surface area (Å²) < 4.78 is 3.91. The van der Waals surface area contributed by atoms with Crippen LogP contribution in [0.3, 0.4) is 0 Å². The molecule has 1 N–H and O–H groups in total. The van der Waals surface area contributed by atoms with Gasteiger partial charge in [-0.25, -0.2) is 0 Å². The van der Waals surface area contributed by atoms with E-state index in [1.54, 1.807) is 16.3 Å². The van der Waals surface area contributed by atoms with Crippen LogP contribution in [0.1, 0.15) is 25.1 Å². The molecule has 8 nitrogen and oxygen atoms in total. The van der Waals surface area contributed by atoms with E-state index in [-0.39, 0.29) is 0 Å². The zero-order valence-electron chi connectivity index (χ0n) is 18.5. The molecule has 1 aliphatic rings. The lowest BCUT2D eigenvalue weighted by Gasteiger charge is -2.34. The summed E-state index contributed by atoms with van der Waals surface area (Å²) in [7, 11) is 0. The Morgan fingerprint density at radius 1 is 1.09 bits per heavy atom. The molecule has 0 radical (unpaired) electrons. The predicted octanol–water partition coefficient (Wildman–Crippen LogP) is 4.17. The molecule has 1 aliphatic heterocycles. The van der Waals surface area contributed by atoms with Crippen molar-refractivity contribution in [3.63, 3.8) is 0 Å². The molecule has 6 rings (SSSR count). The number of nitrogens with one attached hydrogen (secondary N) is 1. The highest BCUT2D eigenvalue weighted by Gasteiger charge is 2.27. The first-order valence-electron chi connectivity index (χ1n) is 11.2. The summed E-state index contributed by atoms with van der Waals surface area (Å²) >= 11 is 1.55. The van der Waals surface area contributed by atoms with Crippen molar-refractivity contribution < 1.29 is 0 Å². The van der Waals surface area contributed by atoms with E-state index in [9.17, 15) is 0 Å². The van der Waals surface area contributed by atoms with E-state index >= 15 is 0 Å². The number of fused-ring (bicyclic) bond motifs is 2.